The summed E-state index contributed by atoms with van der Waals surface area (Å²) in [6.45, 7) is 0.701. The van der Waals surface area contributed by atoms with E-state index in [0.29, 0.717) is 27.3 Å². The van der Waals surface area contributed by atoms with E-state index in [1.165, 1.54) is 18.3 Å². The average molecular weight is 671 g/mol. The Morgan fingerprint density at radius 1 is 1.06 bits per heavy atom. The molecule has 0 saturated heterocycles. The number of pyridine rings is 1. The molecule has 3 heterocycles. The number of fused-ring (bicyclic) bond motifs is 4. The number of nitrogens with one attached hydrogen (secondary N) is 2. The Labute approximate surface area is 267 Å². The van der Waals surface area contributed by atoms with Crippen LogP contribution >= 0.6 is 0 Å². The van der Waals surface area contributed by atoms with Gasteiger partial charge in [0.15, 0.2) is 5.78 Å². The average Bonchev–Trinajstić information content (AvgIpc) is 3.44. The summed E-state index contributed by atoms with van der Waals surface area (Å²) in [5.74, 6) is -9.33. The van der Waals surface area contributed by atoms with Gasteiger partial charge in [-0.1, -0.05) is 13.0 Å². The number of benzene rings is 2. The standard InChI is InChI=1S/C33H25F7N6O2/c1-2-26(47)20-8-15(3-4-22(20)36)18-11-23-25(12-41-44-23)43-29(18)24(7-14-5-16(34)9-17(35)6-14)42-27(48)13-46-31-28(30(45-46)32(37)38)19-10-21(19)33(31,39)40/h3-6,8-9,11-12,19,21,24,32H,2,7,10,13H2,1H3,(H,41,44)(H,42,48)/t19-,21+,24-/m0/s1. The van der Waals surface area contributed by atoms with E-state index in [-0.39, 0.29) is 47.2 Å². The number of carbonyl (C=O) groups excluding carboxylic acids is 2. The van der Waals surface area contributed by atoms with Crippen molar-refractivity contribution < 1.29 is 40.3 Å². The van der Waals surface area contributed by atoms with E-state index in [1.54, 1.807) is 13.0 Å². The number of nitrogens with zero attached hydrogens (tertiary/aromatic N) is 4. The molecule has 3 aromatic heterocycles. The van der Waals surface area contributed by atoms with Crippen LogP contribution in [-0.2, 0) is 23.7 Å². The summed E-state index contributed by atoms with van der Waals surface area (Å²) in [7, 11) is 0. The lowest BCUT2D eigenvalue weighted by atomic mass is 9.93. The number of aromatic amines is 1. The molecule has 1 amide bonds. The first-order valence-corrected chi connectivity index (χ1v) is 15.0. The Balaban J connectivity index is 1.32. The van der Waals surface area contributed by atoms with Gasteiger partial charge in [-0.15, -0.1) is 0 Å². The van der Waals surface area contributed by atoms with E-state index < -0.39 is 77.3 Å². The van der Waals surface area contributed by atoms with Crippen molar-refractivity contribution in [2.45, 2.75) is 57.0 Å². The molecular weight excluding hydrogens is 645 g/mol. The summed E-state index contributed by atoms with van der Waals surface area (Å²) in [5, 5.41) is 13.1. The predicted octanol–water partition coefficient (Wildman–Crippen LogP) is 7.08. The molecule has 8 nitrogen and oxygen atoms in total. The zero-order valence-electron chi connectivity index (χ0n) is 25.0. The monoisotopic (exact) mass is 670 g/mol. The number of hydrogen-bond acceptors (Lipinski definition) is 5. The Morgan fingerprint density at radius 3 is 2.52 bits per heavy atom. The largest absolute Gasteiger partial charge is 0.346 e. The van der Waals surface area contributed by atoms with Gasteiger partial charge in [-0.25, -0.2) is 26.9 Å². The highest BCUT2D eigenvalue weighted by Gasteiger charge is 2.67. The molecule has 15 heteroatoms. The zero-order valence-corrected chi connectivity index (χ0v) is 25.0. The van der Waals surface area contributed by atoms with Crippen LogP contribution in [0.15, 0.2) is 48.7 Å². The molecule has 7 rings (SSSR count). The van der Waals surface area contributed by atoms with Crippen molar-refractivity contribution in [1.82, 2.24) is 30.3 Å². The molecule has 0 unspecified atom stereocenters. The molecule has 2 aromatic carbocycles. The first kappa shape index (κ1) is 31.5. The molecule has 5 aromatic rings. The third-order valence-corrected chi connectivity index (χ3v) is 8.84. The topological polar surface area (TPSA) is 106 Å². The van der Waals surface area contributed by atoms with Gasteiger partial charge in [0.2, 0.25) is 5.91 Å². The highest BCUT2D eigenvalue weighted by atomic mass is 19.3. The number of rotatable bonds is 10. The smallest absolute Gasteiger partial charge is 0.293 e. The number of H-pyrrole nitrogens is 1. The molecule has 0 aliphatic heterocycles. The minimum Gasteiger partial charge on any atom is -0.346 e. The molecule has 0 bridgehead atoms. The molecular formula is C33H25F7N6O2. The molecule has 1 fully saturated rings. The van der Waals surface area contributed by atoms with Gasteiger partial charge >= 0.3 is 0 Å². The lowest BCUT2D eigenvalue weighted by Crippen LogP contribution is -2.35. The predicted molar refractivity (Wildman–Crippen MR) is 157 cm³/mol. The number of amides is 1. The minimum absolute atomic E-state index is 0.0137. The number of aromatic nitrogens is 5. The second-order valence-electron chi connectivity index (χ2n) is 12.0. The van der Waals surface area contributed by atoms with Gasteiger partial charge in [0.05, 0.1) is 29.0 Å². The molecule has 248 valence electrons. The summed E-state index contributed by atoms with van der Waals surface area (Å²) < 4.78 is 102. The molecule has 0 radical (unpaired) electrons. The second kappa shape index (κ2) is 11.6. The maximum Gasteiger partial charge on any atom is 0.293 e. The van der Waals surface area contributed by atoms with E-state index in [4.69, 9.17) is 0 Å². The van der Waals surface area contributed by atoms with Gasteiger partial charge in [0.1, 0.15) is 40.9 Å². The van der Waals surface area contributed by atoms with Crippen molar-refractivity contribution in [3.8, 4) is 11.1 Å². The molecule has 0 spiro atoms. The third kappa shape index (κ3) is 5.40. The van der Waals surface area contributed by atoms with Gasteiger partial charge in [0.25, 0.3) is 12.3 Å². The fourth-order valence-corrected chi connectivity index (χ4v) is 6.62. The summed E-state index contributed by atoms with van der Waals surface area (Å²) in [5.41, 5.74) is -0.422. The Morgan fingerprint density at radius 2 is 1.81 bits per heavy atom. The van der Waals surface area contributed by atoms with Gasteiger partial charge in [-0.05, 0) is 60.2 Å². The van der Waals surface area contributed by atoms with Gasteiger partial charge < -0.3 is 5.32 Å². The van der Waals surface area contributed by atoms with Crippen LogP contribution in [0.25, 0.3) is 22.2 Å². The Hall–Kier alpha value is -5.08. The molecule has 3 atom stereocenters. The van der Waals surface area contributed by atoms with Crippen molar-refractivity contribution in [3.63, 3.8) is 0 Å². The summed E-state index contributed by atoms with van der Waals surface area (Å²) in [6, 6.07) is 6.91. The fourth-order valence-electron chi connectivity index (χ4n) is 6.62. The van der Waals surface area contributed by atoms with Crippen LogP contribution in [0.4, 0.5) is 30.7 Å². The number of alkyl halides is 4. The normalized spacial score (nSPS) is 18.2. The first-order valence-electron chi connectivity index (χ1n) is 15.0. The molecule has 1 saturated carbocycles. The highest BCUT2D eigenvalue weighted by Crippen LogP contribution is 2.68. The van der Waals surface area contributed by atoms with Crippen LogP contribution in [-0.4, -0.2) is 36.7 Å². The van der Waals surface area contributed by atoms with Crippen molar-refractivity contribution in [1.29, 1.82) is 0 Å². The van der Waals surface area contributed by atoms with E-state index >= 15 is 8.78 Å². The van der Waals surface area contributed by atoms with Crippen LogP contribution < -0.4 is 5.32 Å². The maximum atomic E-state index is 15.2. The minimum atomic E-state index is -3.46. The second-order valence-corrected chi connectivity index (χ2v) is 12.0. The lowest BCUT2D eigenvalue weighted by Gasteiger charge is -2.23. The molecule has 2 aliphatic rings. The van der Waals surface area contributed by atoms with Crippen LogP contribution in [0.5, 0.6) is 0 Å². The first-order chi connectivity index (χ1) is 22.8. The SMILES string of the molecule is CCC(=O)c1cc(-c2cc3[nH]ncc3nc2[C@H](Cc2cc(F)cc(F)c2)NC(=O)Cn2nc(C(F)F)c3c2C(F)(F)[C@@H]2C[C@H]32)ccc1F. The lowest BCUT2D eigenvalue weighted by molar-refractivity contribution is -0.123. The summed E-state index contributed by atoms with van der Waals surface area (Å²) >= 11 is 0. The van der Waals surface area contributed by atoms with Crippen molar-refractivity contribution in [2.75, 3.05) is 0 Å². The van der Waals surface area contributed by atoms with Crippen LogP contribution in [0, 0.1) is 23.4 Å². The number of carbonyl (C=O) groups is 2. The summed E-state index contributed by atoms with van der Waals surface area (Å²) in [4.78, 5) is 30.8. The van der Waals surface area contributed by atoms with Gasteiger partial charge in [-0.2, -0.15) is 19.0 Å². The fraction of sp³-hybridized carbons (Fsp3) is 0.303. The quantitative estimate of drug-likeness (QED) is 0.122. The molecule has 48 heavy (non-hydrogen) atoms. The van der Waals surface area contributed by atoms with Gasteiger partial charge in [0, 0.05) is 29.5 Å². The maximum absolute atomic E-state index is 15.2. The molecule has 2 N–H and O–H groups in total. The van der Waals surface area contributed by atoms with E-state index in [2.05, 4.69) is 25.6 Å². The van der Waals surface area contributed by atoms with Crippen LogP contribution in [0.2, 0.25) is 0 Å². The van der Waals surface area contributed by atoms with E-state index in [1.807, 2.05) is 0 Å². The van der Waals surface area contributed by atoms with Crippen LogP contribution in [0.3, 0.4) is 0 Å². The van der Waals surface area contributed by atoms with Crippen LogP contribution in [0.1, 0.15) is 76.7 Å². The van der Waals surface area contributed by atoms with E-state index in [0.717, 1.165) is 18.2 Å². The number of Topliss-reactive ketones (excluding diaryl/α,β-unsaturated/α-hetero) is 1. The number of ketones is 1. The Kier molecular flexibility index (Phi) is 7.59. The van der Waals surface area contributed by atoms with Crippen molar-refractivity contribution in [3.05, 3.63) is 99.9 Å². The van der Waals surface area contributed by atoms with Gasteiger partial charge in [-0.3, -0.25) is 19.4 Å². The molecule has 2 aliphatic carbocycles. The highest BCUT2D eigenvalue weighted by molar-refractivity contribution is 5.97. The zero-order chi connectivity index (χ0) is 34.1. The number of hydrogen-bond donors (Lipinski definition) is 2. The Bertz CT molecular complexity index is 2090. The van der Waals surface area contributed by atoms with E-state index in [9.17, 15) is 31.5 Å². The van der Waals surface area contributed by atoms with Crippen molar-refractivity contribution in [2.24, 2.45) is 5.92 Å². The third-order valence-electron chi connectivity index (χ3n) is 8.84. The summed E-state index contributed by atoms with van der Waals surface area (Å²) in [6.07, 6.45) is -1.97. The number of halogens is 7. The van der Waals surface area contributed by atoms with Crippen molar-refractivity contribution >= 4 is 22.7 Å².